The van der Waals surface area contributed by atoms with E-state index in [0.717, 1.165) is 23.2 Å². The van der Waals surface area contributed by atoms with Crippen molar-refractivity contribution < 1.29 is 4.79 Å². The number of carbonyl (C=O) groups excluding carboxylic acids is 1. The lowest BCUT2D eigenvalue weighted by Gasteiger charge is -2.15. The maximum atomic E-state index is 13.5. The first-order chi connectivity index (χ1) is 15.6. The fraction of sp³-hybridized carbons (Fsp3) is 0.148. The van der Waals surface area contributed by atoms with Crippen molar-refractivity contribution in [3.05, 3.63) is 100 Å². The standard InChI is InChI=1S/C27H23N3O2/c1-3-15-29-24-14-13-18(2)16-21(24)22(26(29)31)17-25-28-23-12-8-7-11-20(23)27(32)30(25)19-9-5-4-6-10-19/h4-14,16-17H,3,15H2,1-2H3/b22-17-. The van der Waals surface area contributed by atoms with Crippen molar-refractivity contribution in [1.82, 2.24) is 9.55 Å². The number of para-hydroxylation sites is 2. The van der Waals surface area contributed by atoms with Gasteiger partial charge in [-0.3, -0.25) is 14.2 Å². The van der Waals surface area contributed by atoms with Gasteiger partial charge in [0, 0.05) is 12.1 Å². The first kappa shape index (κ1) is 19.9. The number of nitrogens with zero attached hydrogens (tertiary/aromatic N) is 3. The maximum absolute atomic E-state index is 13.5. The molecule has 0 atom stereocenters. The lowest BCUT2D eigenvalue weighted by Crippen LogP contribution is -2.27. The molecule has 0 N–H and O–H groups in total. The summed E-state index contributed by atoms with van der Waals surface area (Å²) >= 11 is 0. The van der Waals surface area contributed by atoms with Gasteiger partial charge in [-0.1, -0.05) is 48.9 Å². The predicted octanol–water partition coefficient (Wildman–Crippen LogP) is 4.99. The minimum Gasteiger partial charge on any atom is -0.308 e. The molecule has 0 unspecified atom stereocenters. The molecule has 158 valence electrons. The number of amides is 1. The van der Waals surface area contributed by atoms with Crippen molar-refractivity contribution >= 4 is 34.1 Å². The molecule has 0 aliphatic carbocycles. The minimum absolute atomic E-state index is 0.0607. The number of anilines is 1. The molecule has 0 saturated carbocycles. The zero-order valence-corrected chi connectivity index (χ0v) is 18.1. The molecule has 1 aliphatic rings. The molecule has 5 rings (SSSR count). The molecule has 1 aliphatic heterocycles. The van der Waals surface area contributed by atoms with Crippen molar-refractivity contribution in [1.29, 1.82) is 0 Å². The summed E-state index contributed by atoms with van der Waals surface area (Å²) in [4.78, 5) is 33.5. The van der Waals surface area contributed by atoms with E-state index in [4.69, 9.17) is 4.98 Å². The third-order valence-electron chi connectivity index (χ3n) is 5.75. The predicted molar refractivity (Wildman–Crippen MR) is 129 cm³/mol. The van der Waals surface area contributed by atoms with Gasteiger partial charge in [0.25, 0.3) is 11.5 Å². The van der Waals surface area contributed by atoms with Crippen molar-refractivity contribution in [3.63, 3.8) is 0 Å². The summed E-state index contributed by atoms with van der Waals surface area (Å²) in [7, 11) is 0. The summed E-state index contributed by atoms with van der Waals surface area (Å²) in [5, 5.41) is 0.542. The third kappa shape index (κ3) is 3.23. The average molecular weight is 422 g/mol. The summed E-state index contributed by atoms with van der Waals surface area (Å²) in [5.41, 5.74) is 4.58. The Morgan fingerprint density at radius 2 is 1.69 bits per heavy atom. The number of carbonyl (C=O) groups is 1. The summed E-state index contributed by atoms with van der Waals surface area (Å²) in [6.45, 7) is 4.71. The number of aromatic nitrogens is 2. The number of aryl methyl sites for hydroxylation is 1. The number of hydrogen-bond acceptors (Lipinski definition) is 3. The fourth-order valence-corrected chi connectivity index (χ4v) is 4.26. The van der Waals surface area contributed by atoms with Gasteiger partial charge in [-0.05, 0) is 55.8 Å². The van der Waals surface area contributed by atoms with Crippen molar-refractivity contribution in [2.75, 3.05) is 11.4 Å². The van der Waals surface area contributed by atoms with Crippen molar-refractivity contribution in [2.45, 2.75) is 20.3 Å². The van der Waals surface area contributed by atoms with E-state index in [2.05, 4.69) is 6.92 Å². The number of rotatable bonds is 4. The van der Waals surface area contributed by atoms with Crippen LogP contribution in [0.1, 0.15) is 30.3 Å². The largest absolute Gasteiger partial charge is 0.308 e. The Bertz CT molecular complexity index is 1430. The second-order valence-electron chi connectivity index (χ2n) is 8.00. The zero-order chi connectivity index (χ0) is 22.2. The molecule has 32 heavy (non-hydrogen) atoms. The molecule has 0 radical (unpaired) electrons. The van der Waals surface area contributed by atoms with Crippen LogP contribution < -0.4 is 10.5 Å². The van der Waals surface area contributed by atoms with Crippen LogP contribution in [0.4, 0.5) is 5.69 Å². The molecule has 3 aromatic carbocycles. The Labute approximate surface area is 186 Å². The second-order valence-corrected chi connectivity index (χ2v) is 8.00. The van der Waals surface area contributed by atoms with Crippen molar-refractivity contribution in [3.8, 4) is 5.69 Å². The molecule has 0 fully saturated rings. The number of hydrogen-bond donors (Lipinski definition) is 0. The minimum atomic E-state index is -0.158. The van der Waals surface area contributed by atoms with Crippen LogP contribution in [0.5, 0.6) is 0 Å². The quantitative estimate of drug-likeness (QED) is 0.436. The highest BCUT2D eigenvalue weighted by molar-refractivity contribution is 6.35. The lowest BCUT2D eigenvalue weighted by molar-refractivity contribution is -0.113. The lowest BCUT2D eigenvalue weighted by atomic mass is 10.0. The molecular weight excluding hydrogens is 398 g/mol. The van der Waals surface area contributed by atoms with Gasteiger partial charge in [0.05, 0.1) is 27.9 Å². The van der Waals surface area contributed by atoms with Crippen LogP contribution in [0.2, 0.25) is 0 Å². The van der Waals surface area contributed by atoms with E-state index in [0.29, 0.717) is 34.5 Å². The topological polar surface area (TPSA) is 55.2 Å². The Balaban J connectivity index is 1.80. The molecule has 4 aromatic rings. The van der Waals surface area contributed by atoms with Gasteiger partial charge in [-0.15, -0.1) is 0 Å². The number of fused-ring (bicyclic) bond motifs is 2. The Hall–Kier alpha value is -3.99. The normalized spacial score (nSPS) is 14.4. The second kappa shape index (κ2) is 7.93. The van der Waals surface area contributed by atoms with E-state index in [1.54, 1.807) is 16.7 Å². The average Bonchev–Trinajstić information content (AvgIpc) is 3.05. The summed E-state index contributed by atoms with van der Waals surface area (Å²) in [6.07, 6.45) is 2.62. The van der Waals surface area contributed by atoms with Crippen LogP contribution in [-0.4, -0.2) is 22.0 Å². The zero-order valence-electron chi connectivity index (χ0n) is 18.1. The molecule has 1 aromatic heterocycles. The Kier molecular flexibility index (Phi) is 4.94. The van der Waals surface area contributed by atoms with Gasteiger partial charge < -0.3 is 4.90 Å². The molecule has 5 heteroatoms. The van der Waals surface area contributed by atoms with Crippen LogP contribution in [0.15, 0.2) is 77.6 Å². The van der Waals surface area contributed by atoms with Gasteiger partial charge in [0.2, 0.25) is 0 Å². The maximum Gasteiger partial charge on any atom is 0.266 e. The SMILES string of the molecule is CCCN1C(=O)/C(=C\c2nc3ccccc3c(=O)n2-c2ccccc2)c2cc(C)ccc21. The van der Waals surface area contributed by atoms with Gasteiger partial charge in [-0.25, -0.2) is 4.98 Å². The summed E-state index contributed by atoms with van der Waals surface area (Å²) in [6, 6.07) is 22.8. The van der Waals surface area contributed by atoms with E-state index >= 15 is 0 Å². The molecule has 0 spiro atoms. The van der Waals surface area contributed by atoms with Crippen LogP contribution in [0.3, 0.4) is 0 Å². The highest BCUT2D eigenvalue weighted by atomic mass is 16.2. The van der Waals surface area contributed by atoms with E-state index in [1.807, 2.05) is 78.6 Å². The first-order valence-corrected chi connectivity index (χ1v) is 10.8. The molecule has 2 heterocycles. The molecule has 1 amide bonds. The molecule has 0 saturated heterocycles. The summed E-state index contributed by atoms with van der Waals surface area (Å²) in [5.74, 6) is 0.378. The molecule has 5 nitrogen and oxygen atoms in total. The van der Waals surface area contributed by atoms with Crippen LogP contribution in [0.25, 0.3) is 28.2 Å². The van der Waals surface area contributed by atoms with Crippen molar-refractivity contribution in [2.24, 2.45) is 0 Å². The van der Waals surface area contributed by atoms with E-state index in [-0.39, 0.29) is 11.5 Å². The Morgan fingerprint density at radius 1 is 0.938 bits per heavy atom. The van der Waals surface area contributed by atoms with Gasteiger partial charge >= 0.3 is 0 Å². The van der Waals surface area contributed by atoms with Crippen LogP contribution in [0, 0.1) is 6.92 Å². The Morgan fingerprint density at radius 3 is 2.47 bits per heavy atom. The summed E-state index contributed by atoms with van der Waals surface area (Å²) < 4.78 is 1.58. The van der Waals surface area contributed by atoms with Gasteiger partial charge in [-0.2, -0.15) is 0 Å². The van der Waals surface area contributed by atoms with E-state index < -0.39 is 0 Å². The van der Waals surface area contributed by atoms with Gasteiger partial charge in [0.1, 0.15) is 5.82 Å². The smallest absolute Gasteiger partial charge is 0.266 e. The first-order valence-electron chi connectivity index (χ1n) is 10.8. The monoisotopic (exact) mass is 421 g/mol. The van der Waals surface area contributed by atoms with E-state index in [9.17, 15) is 9.59 Å². The van der Waals surface area contributed by atoms with Crippen LogP contribution >= 0.6 is 0 Å². The van der Waals surface area contributed by atoms with Crippen LogP contribution in [-0.2, 0) is 4.79 Å². The highest BCUT2D eigenvalue weighted by Crippen LogP contribution is 2.38. The van der Waals surface area contributed by atoms with E-state index in [1.165, 1.54) is 0 Å². The van der Waals surface area contributed by atoms with Gasteiger partial charge in [0.15, 0.2) is 0 Å². The molecule has 0 bridgehead atoms. The molecular formula is C27H23N3O2. The third-order valence-corrected chi connectivity index (χ3v) is 5.75. The fourth-order valence-electron chi connectivity index (χ4n) is 4.26. The highest BCUT2D eigenvalue weighted by Gasteiger charge is 2.32. The number of benzene rings is 3.